The standard InChI is InChI=1S/C37H60O11/c1-20(2)23-10-15-35(7)28(34(23,6)14-13-29(40)41)18-25(39)30-24(11-16-36(30,35)8)37(9,17-12-26(48-44)21(3)4)47-33-32(43)31(42)27(46-33)19-45-22(5)38/h23-28,30-33,39,42-44H,1,3,10-19H2,2,4-9H3,(H,40,41). The number of rotatable bonds is 14. The van der Waals surface area contributed by atoms with Gasteiger partial charge in [-0.1, -0.05) is 39.5 Å². The van der Waals surface area contributed by atoms with E-state index in [9.17, 15) is 35.3 Å². The molecule has 0 bridgehead atoms. The smallest absolute Gasteiger partial charge is 0.303 e. The van der Waals surface area contributed by atoms with E-state index < -0.39 is 54.3 Å². The van der Waals surface area contributed by atoms with E-state index in [1.165, 1.54) is 6.92 Å². The fourth-order valence-corrected chi connectivity index (χ4v) is 10.9. The predicted molar refractivity (Wildman–Crippen MR) is 177 cm³/mol. The number of esters is 1. The number of carboxylic acids is 1. The molecular formula is C37H60O11. The van der Waals surface area contributed by atoms with Gasteiger partial charge in [0.1, 0.15) is 31.0 Å². The molecule has 0 aromatic carbocycles. The molecule has 0 aromatic heterocycles. The van der Waals surface area contributed by atoms with Crippen molar-refractivity contribution in [2.75, 3.05) is 6.61 Å². The van der Waals surface area contributed by atoms with Gasteiger partial charge in [0, 0.05) is 13.3 Å². The second kappa shape index (κ2) is 14.4. The highest BCUT2D eigenvalue weighted by atomic mass is 17.1. The van der Waals surface area contributed by atoms with Crippen molar-refractivity contribution in [2.45, 2.75) is 149 Å². The maximum Gasteiger partial charge on any atom is 0.303 e. The molecule has 4 rings (SSSR count). The molecule has 5 N–H and O–H groups in total. The lowest BCUT2D eigenvalue weighted by Crippen LogP contribution is -2.64. The SMILES string of the molecule is C=C(C)C(CCC(C)(OC1OC(COC(C)=O)C(O)C1O)C1CCC2(C)C1C(O)CC1C(C)(CCC(=O)O)C(C(=C)C)CCC12C)OO. The van der Waals surface area contributed by atoms with Crippen LogP contribution in [0.4, 0.5) is 0 Å². The third-order valence-corrected chi connectivity index (χ3v) is 13.6. The van der Waals surface area contributed by atoms with E-state index in [1.54, 1.807) is 6.92 Å². The van der Waals surface area contributed by atoms with E-state index in [0.717, 1.165) is 24.8 Å². The fourth-order valence-electron chi connectivity index (χ4n) is 10.9. The minimum Gasteiger partial charge on any atom is -0.481 e. The van der Waals surface area contributed by atoms with Crippen LogP contribution >= 0.6 is 0 Å². The first-order chi connectivity index (χ1) is 22.3. The molecular weight excluding hydrogens is 620 g/mol. The van der Waals surface area contributed by atoms with Gasteiger partial charge < -0.3 is 34.6 Å². The lowest BCUT2D eigenvalue weighted by atomic mass is 9.37. The summed E-state index contributed by atoms with van der Waals surface area (Å²) in [7, 11) is 0. The molecule has 3 saturated carbocycles. The number of aliphatic hydroxyl groups excluding tert-OH is 3. The number of allylic oxidation sites excluding steroid dienone is 1. The number of hydrogen-bond donors (Lipinski definition) is 5. The topological polar surface area (TPSA) is 172 Å². The third-order valence-electron chi connectivity index (χ3n) is 13.6. The van der Waals surface area contributed by atoms with Crippen LogP contribution in [0.2, 0.25) is 0 Å². The van der Waals surface area contributed by atoms with Gasteiger partial charge in [0.25, 0.3) is 0 Å². The summed E-state index contributed by atoms with van der Waals surface area (Å²) in [5, 5.41) is 53.4. The number of aliphatic hydroxyl groups is 3. The number of carbonyl (C=O) groups is 2. The molecule has 11 heteroatoms. The zero-order valence-electron chi connectivity index (χ0n) is 29.9. The normalized spacial score (nSPS) is 42.7. The maximum atomic E-state index is 12.3. The molecule has 14 unspecified atom stereocenters. The number of carbonyl (C=O) groups excluding carboxylic acids is 1. The van der Waals surface area contributed by atoms with E-state index >= 15 is 0 Å². The summed E-state index contributed by atoms with van der Waals surface area (Å²) in [5.74, 6) is -1.55. The molecule has 1 aliphatic heterocycles. The van der Waals surface area contributed by atoms with Gasteiger partial charge in [-0.2, -0.15) is 0 Å². The van der Waals surface area contributed by atoms with E-state index in [0.29, 0.717) is 37.7 Å². The second-order valence-corrected chi connectivity index (χ2v) is 16.4. The van der Waals surface area contributed by atoms with Crippen LogP contribution in [-0.4, -0.2) is 86.6 Å². The Bertz CT molecular complexity index is 1220. The number of aliphatic carboxylic acids is 1. The lowest BCUT2D eigenvalue weighted by Gasteiger charge is -2.67. The fraction of sp³-hybridized carbons (Fsp3) is 0.838. The molecule has 48 heavy (non-hydrogen) atoms. The molecule has 0 radical (unpaired) electrons. The Labute approximate surface area is 285 Å². The zero-order valence-corrected chi connectivity index (χ0v) is 29.9. The molecule has 0 aromatic rings. The third kappa shape index (κ3) is 6.90. The Morgan fingerprint density at radius 2 is 1.67 bits per heavy atom. The first kappa shape index (κ1) is 38.9. The monoisotopic (exact) mass is 680 g/mol. The van der Waals surface area contributed by atoms with Crippen molar-refractivity contribution in [3.05, 3.63) is 24.3 Å². The van der Waals surface area contributed by atoms with Crippen LogP contribution in [-0.2, 0) is 28.7 Å². The van der Waals surface area contributed by atoms with E-state index in [-0.39, 0.29) is 52.9 Å². The van der Waals surface area contributed by atoms with Gasteiger partial charge in [-0.25, -0.2) is 4.89 Å². The summed E-state index contributed by atoms with van der Waals surface area (Å²) in [5.41, 5.74) is -0.223. The molecule has 4 fully saturated rings. The average Bonchev–Trinajstić information content (AvgIpc) is 3.50. The highest BCUT2D eigenvalue weighted by Gasteiger charge is 2.70. The molecule has 0 amide bonds. The Morgan fingerprint density at radius 1 is 1.02 bits per heavy atom. The van der Waals surface area contributed by atoms with Gasteiger partial charge in [-0.05, 0) is 118 Å². The molecule has 3 aliphatic carbocycles. The Balaban J connectivity index is 1.70. The van der Waals surface area contributed by atoms with Crippen LogP contribution in [0.3, 0.4) is 0 Å². The predicted octanol–water partition coefficient (Wildman–Crippen LogP) is 5.26. The number of hydrogen-bond acceptors (Lipinski definition) is 10. The minimum absolute atomic E-state index is 0.0580. The number of ether oxygens (including phenoxy) is 3. The van der Waals surface area contributed by atoms with Crippen LogP contribution in [0, 0.1) is 39.9 Å². The summed E-state index contributed by atoms with van der Waals surface area (Å²) in [4.78, 5) is 28.0. The van der Waals surface area contributed by atoms with Gasteiger partial charge in [0.2, 0.25) is 0 Å². The average molecular weight is 681 g/mol. The number of carboxylic acid groups (broad SMARTS) is 1. The van der Waals surface area contributed by atoms with Crippen LogP contribution in [0.15, 0.2) is 24.3 Å². The van der Waals surface area contributed by atoms with Crippen molar-refractivity contribution >= 4 is 11.9 Å². The van der Waals surface area contributed by atoms with Gasteiger partial charge >= 0.3 is 11.9 Å². The molecule has 0 spiro atoms. The van der Waals surface area contributed by atoms with Crippen molar-refractivity contribution in [3.8, 4) is 0 Å². The second-order valence-electron chi connectivity index (χ2n) is 16.4. The lowest BCUT2D eigenvalue weighted by molar-refractivity contribution is -0.280. The van der Waals surface area contributed by atoms with Crippen LogP contribution < -0.4 is 0 Å². The largest absolute Gasteiger partial charge is 0.481 e. The Hall–Kier alpha value is -1.86. The van der Waals surface area contributed by atoms with E-state index in [2.05, 4.69) is 33.9 Å². The van der Waals surface area contributed by atoms with E-state index in [1.807, 2.05) is 13.8 Å². The van der Waals surface area contributed by atoms with Crippen molar-refractivity contribution in [3.63, 3.8) is 0 Å². The highest BCUT2D eigenvalue weighted by molar-refractivity contribution is 5.66. The molecule has 1 heterocycles. The summed E-state index contributed by atoms with van der Waals surface area (Å²) < 4.78 is 17.7. The van der Waals surface area contributed by atoms with Gasteiger partial charge in [-0.3, -0.25) is 14.8 Å². The van der Waals surface area contributed by atoms with Crippen molar-refractivity contribution in [2.24, 2.45) is 39.9 Å². The number of fused-ring (bicyclic) bond motifs is 3. The summed E-state index contributed by atoms with van der Waals surface area (Å²) in [6, 6.07) is 0. The molecule has 1 saturated heterocycles. The highest BCUT2D eigenvalue weighted by Crippen LogP contribution is 2.74. The van der Waals surface area contributed by atoms with E-state index in [4.69, 9.17) is 19.1 Å². The maximum absolute atomic E-state index is 12.3. The van der Waals surface area contributed by atoms with Gasteiger partial charge in [-0.15, -0.1) is 0 Å². The zero-order chi connectivity index (χ0) is 36.0. The van der Waals surface area contributed by atoms with Crippen molar-refractivity contribution < 1.29 is 54.4 Å². The van der Waals surface area contributed by atoms with Crippen LogP contribution in [0.5, 0.6) is 0 Å². The Kier molecular flexibility index (Phi) is 11.7. The molecule has 4 aliphatic rings. The van der Waals surface area contributed by atoms with Crippen LogP contribution in [0.1, 0.15) is 106 Å². The summed E-state index contributed by atoms with van der Waals surface area (Å²) in [6.07, 6.45) is -1.21. The molecule has 274 valence electrons. The minimum atomic E-state index is -1.41. The first-order valence-electron chi connectivity index (χ1n) is 17.6. The van der Waals surface area contributed by atoms with Crippen molar-refractivity contribution in [1.29, 1.82) is 0 Å². The Morgan fingerprint density at radius 3 is 2.23 bits per heavy atom. The first-order valence-corrected chi connectivity index (χ1v) is 17.6. The molecule has 14 atom stereocenters. The van der Waals surface area contributed by atoms with Crippen LogP contribution in [0.25, 0.3) is 0 Å². The summed E-state index contributed by atoms with van der Waals surface area (Å²) in [6.45, 7) is 21.8. The van der Waals surface area contributed by atoms with Gasteiger partial charge in [0.15, 0.2) is 6.29 Å². The quantitative estimate of drug-likeness (QED) is 0.0701. The van der Waals surface area contributed by atoms with Crippen molar-refractivity contribution in [1.82, 2.24) is 0 Å². The summed E-state index contributed by atoms with van der Waals surface area (Å²) >= 11 is 0. The molecule has 11 nitrogen and oxygen atoms in total. The van der Waals surface area contributed by atoms with Gasteiger partial charge in [0.05, 0.1) is 11.7 Å².